The van der Waals surface area contributed by atoms with Crippen LogP contribution in [-0.2, 0) is 0 Å². The highest BCUT2D eigenvalue weighted by molar-refractivity contribution is 6.13. The predicted molar refractivity (Wildman–Crippen MR) is 182 cm³/mol. The zero-order chi connectivity index (χ0) is 29.9. The molecule has 9 aromatic rings. The second-order valence-electron chi connectivity index (χ2n) is 11.1. The number of para-hydroxylation sites is 1. The summed E-state index contributed by atoms with van der Waals surface area (Å²) >= 11 is 0. The number of benzene rings is 6. The lowest BCUT2D eigenvalue weighted by molar-refractivity contribution is 1.16. The van der Waals surface area contributed by atoms with Gasteiger partial charge in [0.05, 0.1) is 29.0 Å². The Labute approximate surface area is 257 Å². The molecule has 0 saturated carbocycles. The van der Waals surface area contributed by atoms with Crippen LogP contribution in [0.5, 0.6) is 0 Å². The van der Waals surface area contributed by atoms with E-state index in [1.54, 1.807) is 24.5 Å². The van der Waals surface area contributed by atoms with E-state index < -0.39 is 0 Å². The molecule has 208 valence electrons. The van der Waals surface area contributed by atoms with E-state index in [4.69, 9.17) is 16.5 Å². The van der Waals surface area contributed by atoms with E-state index in [2.05, 4.69) is 116 Å². The van der Waals surface area contributed by atoms with E-state index in [9.17, 15) is 0 Å². The molecule has 0 aliphatic carbocycles. The van der Waals surface area contributed by atoms with Crippen LogP contribution < -0.4 is 0 Å². The van der Waals surface area contributed by atoms with Crippen molar-refractivity contribution in [2.45, 2.75) is 0 Å². The normalized spacial score (nSPS) is 11.5. The van der Waals surface area contributed by atoms with Gasteiger partial charge in [-0.2, -0.15) is 0 Å². The van der Waals surface area contributed by atoms with Crippen molar-refractivity contribution in [1.29, 1.82) is 0 Å². The van der Waals surface area contributed by atoms with E-state index in [1.807, 2.05) is 12.1 Å². The Hall–Kier alpha value is -6.45. The Bertz CT molecular complexity index is 2660. The van der Waals surface area contributed by atoms with Crippen molar-refractivity contribution < 1.29 is 0 Å². The van der Waals surface area contributed by atoms with Gasteiger partial charge < -0.3 is 4.57 Å². The fourth-order valence-electron chi connectivity index (χ4n) is 6.35. The molecule has 0 aliphatic heterocycles. The van der Waals surface area contributed by atoms with E-state index >= 15 is 0 Å². The standard InChI is InChI=1S/C39H22N6/c1-40-30-15-12-24(13-16-30)36-37(44-39-38(43-36)41-18-19-42-39)29-11-10-28-21-31(17-14-27(28)20-29)45-34-9-5-4-8-32(34)33-22-25-6-2-3-7-26(25)23-35(33)45/h2-23H. The van der Waals surface area contributed by atoms with Crippen molar-refractivity contribution in [2.24, 2.45) is 0 Å². The predicted octanol–water partition coefficient (Wildman–Crippen LogP) is 9.71. The third-order valence-electron chi connectivity index (χ3n) is 8.49. The molecule has 0 N–H and O–H groups in total. The Morgan fingerprint density at radius 2 is 1.13 bits per heavy atom. The maximum Gasteiger partial charge on any atom is 0.198 e. The zero-order valence-corrected chi connectivity index (χ0v) is 23.9. The summed E-state index contributed by atoms with van der Waals surface area (Å²) in [7, 11) is 0. The van der Waals surface area contributed by atoms with E-state index in [0.717, 1.165) is 33.3 Å². The van der Waals surface area contributed by atoms with Crippen molar-refractivity contribution in [3.63, 3.8) is 0 Å². The first-order valence-corrected chi connectivity index (χ1v) is 14.7. The lowest BCUT2D eigenvalue weighted by Gasteiger charge is -2.12. The highest BCUT2D eigenvalue weighted by Gasteiger charge is 2.17. The molecule has 0 fully saturated rings. The van der Waals surface area contributed by atoms with Gasteiger partial charge in [0.1, 0.15) is 0 Å². The third-order valence-corrected chi connectivity index (χ3v) is 8.49. The number of rotatable bonds is 3. The first-order valence-electron chi connectivity index (χ1n) is 14.7. The second kappa shape index (κ2) is 9.80. The molecule has 6 heteroatoms. The molecular weight excluding hydrogens is 552 g/mol. The third kappa shape index (κ3) is 4.03. The molecule has 6 nitrogen and oxygen atoms in total. The van der Waals surface area contributed by atoms with Gasteiger partial charge in [0.2, 0.25) is 0 Å². The lowest BCUT2D eigenvalue weighted by atomic mass is 10.0. The van der Waals surface area contributed by atoms with Crippen LogP contribution in [-0.4, -0.2) is 24.5 Å². The fraction of sp³-hybridized carbons (Fsp3) is 0. The lowest BCUT2D eigenvalue weighted by Crippen LogP contribution is -1.98. The largest absolute Gasteiger partial charge is 0.309 e. The smallest absolute Gasteiger partial charge is 0.198 e. The molecule has 9 rings (SSSR count). The topological polar surface area (TPSA) is 60.9 Å². The summed E-state index contributed by atoms with van der Waals surface area (Å²) in [5.74, 6) is 0. The minimum absolute atomic E-state index is 0.481. The van der Waals surface area contributed by atoms with Gasteiger partial charge in [-0.05, 0) is 63.5 Å². The molecule has 3 heterocycles. The molecule has 6 aromatic carbocycles. The first-order chi connectivity index (χ1) is 22.2. The van der Waals surface area contributed by atoms with Gasteiger partial charge >= 0.3 is 0 Å². The quantitative estimate of drug-likeness (QED) is 0.197. The molecule has 3 aromatic heterocycles. The molecule has 0 amide bonds. The number of nitrogens with zero attached hydrogens (tertiary/aromatic N) is 6. The van der Waals surface area contributed by atoms with Crippen molar-refractivity contribution in [3.05, 3.63) is 145 Å². The van der Waals surface area contributed by atoms with Gasteiger partial charge in [-0.3, -0.25) is 0 Å². The van der Waals surface area contributed by atoms with E-state index in [-0.39, 0.29) is 0 Å². The monoisotopic (exact) mass is 574 g/mol. The molecular formula is C39H22N6. The summed E-state index contributed by atoms with van der Waals surface area (Å²) in [6.07, 6.45) is 3.25. The molecule has 0 saturated heterocycles. The van der Waals surface area contributed by atoms with Gasteiger partial charge in [-0.1, -0.05) is 84.9 Å². The van der Waals surface area contributed by atoms with Gasteiger partial charge in [-0.25, -0.2) is 24.8 Å². The Balaban J connectivity index is 1.22. The van der Waals surface area contributed by atoms with Crippen LogP contribution >= 0.6 is 0 Å². The van der Waals surface area contributed by atoms with Crippen LogP contribution in [0.2, 0.25) is 0 Å². The highest BCUT2D eigenvalue weighted by atomic mass is 15.0. The Morgan fingerprint density at radius 3 is 1.91 bits per heavy atom. The molecule has 0 spiro atoms. The summed E-state index contributed by atoms with van der Waals surface area (Å²) in [6.45, 7) is 7.33. The summed E-state index contributed by atoms with van der Waals surface area (Å²) in [4.78, 5) is 22.1. The van der Waals surface area contributed by atoms with Crippen molar-refractivity contribution in [3.8, 4) is 28.2 Å². The summed E-state index contributed by atoms with van der Waals surface area (Å²) in [5.41, 5.74) is 8.25. The molecule has 0 aliphatic rings. The molecule has 0 unspecified atom stereocenters. The Kier molecular flexibility index (Phi) is 5.46. The molecule has 0 atom stereocenters. The van der Waals surface area contributed by atoms with Crippen LogP contribution in [0.25, 0.3) is 87.7 Å². The van der Waals surface area contributed by atoms with Crippen molar-refractivity contribution in [2.75, 3.05) is 0 Å². The van der Waals surface area contributed by atoms with Gasteiger partial charge in [0.15, 0.2) is 17.0 Å². The zero-order valence-electron chi connectivity index (χ0n) is 23.9. The van der Waals surface area contributed by atoms with Gasteiger partial charge in [-0.15, -0.1) is 0 Å². The van der Waals surface area contributed by atoms with Crippen molar-refractivity contribution >= 4 is 60.3 Å². The van der Waals surface area contributed by atoms with E-state index in [0.29, 0.717) is 22.7 Å². The van der Waals surface area contributed by atoms with Gasteiger partial charge in [0.25, 0.3) is 0 Å². The summed E-state index contributed by atoms with van der Waals surface area (Å²) in [6, 6.07) is 42.2. The van der Waals surface area contributed by atoms with Crippen LogP contribution in [0.4, 0.5) is 5.69 Å². The Morgan fingerprint density at radius 1 is 0.511 bits per heavy atom. The number of hydrogen-bond acceptors (Lipinski definition) is 4. The van der Waals surface area contributed by atoms with Gasteiger partial charge in [0, 0.05) is 34.4 Å². The average molecular weight is 575 g/mol. The summed E-state index contributed by atoms with van der Waals surface area (Å²) in [5, 5.41) is 7.17. The second-order valence-corrected chi connectivity index (χ2v) is 11.1. The molecule has 45 heavy (non-hydrogen) atoms. The fourth-order valence-corrected chi connectivity index (χ4v) is 6.35. The number of hydrogen-bond donors (Lipinski definition) is 0. The minimum atomic E-state index is 0.481. The molecule has 0 bridgehead atoms. The first kappa shape index (κ1) is 25.1. The van der Waals surface area contributed by atoms with E-state index in [1.165, 1.54) is 32.6 Å². The summed E-state index contributed by atoms with van der Waals surface area (Å²) < 4.78 is 2.36. The number of aromatic nitrogens is 5. The maximum absolute atomic E-state index is 7.33. The maximum atomic E-state index is 7.33. The van der Waals surface area contributed by atoms with Crippen LogP contribution in [0.15, 0.2) is 134 Å². The minimum Gasteiger partial charge on any atom is -0.309 e. The number of fused-ring (bicyclic) bond motifs is 6. The van der Waals surface area contributed by atoms with Crippen LogP contribution in [0.3, 0.4) is 0 Å². The highest BCUT2D eigenvalue weighted by Crippen LogP contribution is 2.37. The average Bonchev–Trinajstić information content (AvgIpc) is 3.42. The molecule has 0 radical (unpaired) electrons. The van der Waals surface area contributed by atoms with Crippen molar-refractivity contribution in [1.82, 2.24) is 24.5 Å². The SMILES string of the molecule is [C-]#[N+]c1ccc(-c2nc3nccnc3nc2-c2ccc3cc(-n4c5ccccc5c5cc6ccccc6cc54)ccc3c2)cc1. The van der Waals surface area contributed by atoms with Crippen LogP contribution in [0, 0.1) is 6.57 Å². The van der Waals surface area contributed by atoms with Crippen LogP contribution in [0.1, 0.15) is 0 Å².